The molecule has 0 unspecified atom stereocenters. The van der Waals surface area contributed by atoms with Gasteiger partial charge in [0.05, 0.1) is 16.8 Å². The van der Waals surface area contributed by atoms with Gasteiger partial charge in [-0.05, 0) is 18.2 Å². The highest BCUT2D eigenvalue weighted by atomic mass is 19.4. The molecule has 0 saturated carbocycles. The van der Waals surface area contributed by atoms with Crippen molar-refractivity contribution < 1.29 is 32.7 Å². The molecule has 0 atom stereocenters. The highest BCUT2D eigenvalue weighted by molar-refractivity contribution is 6.04. The second-order valence-electron chi connectivity index (χ2n) is 4.04. The summed E-state index contributed by atoms with van der Waals surface area (Å²) in [7, 11) is 1.28. The molecule has 0 saturated heterocycles. The monoisotopic (exact) mass is 319 g/mol. The molecule has 0 aliphatic heterocycles. The van der Waals surface area contributed by atoms with Crippen molar-refractivity contribution in [1.82, 2.24) is 10.6 Å². The van der Waals surface area contributed by atoms with Gasteiger partial charge in [0, 0.05) is 7.05 Å². The number of hydrogen-bond acceptors (Lipinski definition) is 3. The zero-order chi connectivity index (χ0) is 16.9. The number of carbonyl (C=O) groups excluding carboxylic acids is 2. The molecule has 1 aromatic carbocycles. The molecule has 0 spiro atoms. The number of carboxylic acid groups (broad SMARTS) is 1. The van der Waals surface area contributed by atoms with E-state index in [1.165, 1.54) is 7.05 Å². The highest BCUT2D eigenvalue weighted by Gasteiger charge is 2.32. The lowest BCUT2D eigenvalue weighted by Crippen LogP contribution is -2.31. The highest BCUT2D eigenvalue weighted by Crippen LogP contribution is 2.31. The minimum Gasteiger partial charge on any atom is -0.480 e. The number of urea groups is 1. The van der Waals surface area contributed by atoms with Gasteiger partial charge < -0.3 is 21.1 Å². The van der Waals surface area contributed by atoms with E-state index in [4.69, 9.17) is 5.11 Å². The molecule has 0 fully saturated rings. The summed E-state index contributed by atoms with van der Waals surface area (Å²) in [5.74, 6) is -2.42. The zero-order valence-corrected chi connectivity index (χ0v) is 11.2. The van der Waals surface area contributed by atoms with Crippen LogP contribution in [-0.2, 0) is 11.0 Å². The molecule has 0 aromatic heterocycles. The number of rotatable bonds is 4. The number of amides is 3. The third-order valence-electron chi connectivity index (χ3n) is 2.47. The van der Waals surface area contributed by atoms with E-state index in [0.717, 1.165) is 6.07 Å². The van der Waals surface area contributed by atoms with E-state index in [0.29, 0.717) is 12.1 Å². The molecular weight excluding hydrogens is 307 g/mol. The standard InChI is InChI=1S/C12H12F3N3O4/c1-16-11(22)18-8-3-2-6(12(13,14)15)4-7(8)10(21)17-5-9(19)20/h2-4H,5H2,1H3,(H,17,21)(H,19,20)(H2,16,18,22). The number of benzene rings is 1. The third-order valence-corrected chi connectivity index (χ3v) is 2.47. The maximum absolute atomic E-state index is 12.7. The van der Waals surface area contributed by atoms with Gasteiger partial charge in [0.15, 0.2) is 0 Å². The maximum atomic E-state index is 12.7. The largest absolute Gasteiger partial charge is 0.480 e. The van der Waals surface area contributed by atoms with Crippen LogP contribution in [0.25, 0.3) is 0 Å². The van der Waals surface area contributed by atoms with Crippen LogP contribution in [0.5, 0.6) is 0 Å². The quantitative estimate of drug-likeness (QED) is 0.670. The van der Waals surface area contributed by atoms with Gasteiger partial charge in [-0.2, -0.15) is 13.2 Å². The lowest BCUT2D eigenvalue weighted by atomic mass is 10.1. The van der Waals surface area contributed by atoms with Crippen LogP contribution in [0.2, 0.25) is 0 Å². The molecule has 22 heavy (non-hydrogen) atoms. The van der Waals surface area contributed by atoms with Gasteiger partial charge in [-0.25, -0.2) is 4.79 Å². The summed E-state index contributed by atoms with van der Waals surface area (Å²) in [5.41, 5.74) is -1.79. The molecule has 0 aliphatic rings. The van der Waals surface area contributed by atoms with E-state index in [-0.39, 0.29) is 5.69 Å². The number of carbonyl (C=O) groups is 3. The Morgan fingerprint density at radius 2 is 1.86 bits per heavy atom. The predicted octanol–water partition coefficient (Wildman–Crippen LogP) is 1.27. The fourth-order valence-electron chi connectivity index (χ4n) is 1.45. The number of alkyl halides is 3. The number of halogens is 3. The Labute approximate surface area is 122 Å². The number of nitrogens with one attached hydrogen (secondary N) is 3. The summed E-state index contributed by atoms with van der Waals surface area (Å²) >= 11 is 0. The van der Waals surface area contributed by atoms with Gasteiger partial charge >= 0.3 is 18.2 Å². The zero-order valence-electron chi connectivity index (χ0n) is 11.2. The van der Waals surface area contributed by atoms with Gasteiger partial charge in [-0.1, -0.05) is 0 Å². The van der Waals surface area contributed by atoms with Gasteiger partial charge in [-0.3, -0.25) is 9.59 Å². The van der Waals surface area contributed by atoms with Crippen molar-refractivity contribution in [2.24, 2.45) is 0 Å². The average molecular weight is 319 g/mol. The molecule has 1 rings (SSSR count). The van der Waals surface area contributed by atoms with Crippen molar-refractivity contribution in [1.29, 1.82) is 0 Å². The fourth-order valence-corrected chi connectivity index (χ4v) is 1.45. The first-order chi connectivity index (χ1) is 10.1. The Bertz CT molecular complexity index is 602. The summed E-state index contributed by atoms with van der Waals surface area (Å²) in [6, 6.07) is 1.39. The van der Waals surface area contributed by atoms with Crippen LogP contribution in [-0.4, -0.2) is 36.6 Å². The van der Waals surface area contributed by atoms with Gasteiger partial charge in [-0.15, -0.1) is 0 Å². The normalized spacial score (nSPS) is 10.7. The van der Waals surface area contributed by atoms with E-state index in [1.807, 2.05) is 5.32 Å². The van der Waals surface area contributed by atoms with Crippen LogP contribution in [0.3, 0.4) is 0 Å². The molecule has 10 heteroatoms. The summed E-state index contributed by atoms with van der Waals surface area (Å²) in [6.07, 6.45) is -4.69. The second-order valence-corrected chi connectivity index (χ2v) is 4.04. The Kier molecular flexibility index (Phi) is 5.33. The fraction of sp³-hybridized carbons (Fsp3) is 0.250. The van der Waals surface area contributed by atoms with E-state index < -0.39 is 41.8 Å². The van der Waals surface area contributed by atoms with Crippen LogP contribution in [0, 0.1) is 0 Å². The van der Waals surface area contributed by atoms with Crippen molar-refractivity contribution in [3.8, 4) is 0 Å². The summed E-state index contributed by atoms with van der Waals surface area (Å²) in [6.45, 7) is -0.769. The first-order valence-corrected chi connectivity index (χ1v) is 5.85. The van der Waals surface area contributed by atoms with E-state index in [2.05, 4.69) is 10.6 Å². The van der Waals surface area contributed by atoms with Crippen molar-refractivity contribution in [2.75, 3.05) is 18.9 Å². The first-order valence-electron chi connectivity index (χ1n) is 5.85. The third kappa shape index (κ3) is 4.65. The van der Waals surface area contributed by atoms with Gasteiger partial charge in [0.25, 0.3) is 5.91 Å². The van der Waals surface area contributed by atoms with Crippen molar-refractivity contribution in [3.05, 3.63) is 29.3 Å². The molecule has 1 aromatic rings. The molecule has 0 aliphatic carbocycles. The van der Waals surface area contributed by atoms with Crippen LogP contribution >= 0.6 is 0 Å². The number of anilines is 1. The molecule has 0 radical (unpaired) electrons. The van der Waals surface area contributed by atoms with Gasteiger partial charge in [0.1, 0.15) is 6.54 Å². The summed E-state index contributed by atoms with van der Waals surface area (Å²) < 4.78 is 38.0. The van der Waals surface area contributed by atoms with Crippen LogP contribution in [0.15, 0.2) is 18.2 Å². The summed E-state index contributed by atoms with van der Waals surface area (Å²) in [5, 5.41) is 14.8. The molecule has 0 bridgehead atoms. The molecule has 7 nitrogen and oxygen atoms in total. The Morgan fingerprint density at radius 3 is 2.36 bits per heavy atom. The predicted molar refractivity (Wildman–Crippen MR) is 69.5 cm³/mol. The number of hydrogen-bond donors (Lipinski definition) is 4. The molecular formula is C12H12F3N3O4. The van der Waals surface area contributed by atoms with Crippen molar-refractivity contribution in [3.63, 3.8) is 0 Å². The Hall–Kier alpha value is -2.78. The summed E-state index contributed by atoms with van der Waals surface area (Å²) in [4.78, 5) is 33.4. The van der Waals surface area contributed by atoms with E-state index >= 15 is 0 Å². The smallest absolute Gasteiger partial charge is 0.416 e. The van der Waals surface area contributed by atoms with E-state index in [1.54, 1.807) is 0 Å². The molecule has 4 N–H and O–H groups in total. The van der Waals surface area contributed by atoms with Crippen molar-refractivity contribution in [2.45, 2.75) is 6.18 Å². The SMILES string of the molecule is CNC(=O)Nc1ccc(C(F)(F)F)cc1C(=O)NCC(=O)O. The lowest BCUT2D eigenvalue weighted by Gasteiger charge is -2.14. The topological polar surface area (TPSA) is 108 Å². The van der Waals surface area contributed by atoms with Crippen LogP contribution < -0.4 is 16.0 Å². The Morgan fingerprint density at radius 1 is 1.23 bits per heavy atom. The minimum absolute atomic E-state index is 0.185. The Balaban J connectivity index is 3.18. The van der Waals surface area contributed by atoms with Crippen molar-refractivity contribution >= 4 is 23.6 Å². The first kappa shape index (κ1) is 17.3. The van der Waals surface area contributed by atoms with E-state index in [9.17, 15) is 27.6 Å². The number of aliphatic carboxylic acids is 1. The molecule has 0 heterocycles. The second kappa shape index (κ2) is 6.78. The maximum Gasteiger partial charge on any atom is 0.416 e. The minimum atomic E-state index is -4.69. The number of carboxylic acids is 1. The van der Waals surface area contributed by atoms with Crippen LogP contribution in [0.1, 0.15) is 15.9 Å². The van der Waals surface area contributed by atoms with Crippen LogP contribution in [0.4, 0.5) is 23.7 Å². The molecule has 3 amide bonds. The lowest BCUT2D eigenvalue weighted by molar-refractivity contribution is -0.138. The van der Waals surface area contributed by atoms with Gasteiger partial charge in [0.2, 0.25) is 0 Å². The molecule has 120 valence electrons. The average Bonchev–Trinajstić information content (AvgIpc) is 2.43.